The first kappa shape index (κ1) is 9.38. The molecule has 1 N–H and O–H groups in total. The van der Waals surface area contributed by atoms with Gasteiger partial charge in [-0.25, -0.2) is 0 Å². The smallest absolute Gasteiger partial charge is 0.179 e. The molecule has 0 unspecified atom stereocenters. The van der Waals surface area contributed by atoms with Crippen LogP contribution in [0.15, 0.2) is 29.9 Å². The third-order valence-electron chi connectivity index (χ3n) is 1.40. The van der Waals surface area contributed by atoms with Gasteiger partial charge in [0.15, 0.2) is 5.82 Å². The van der Waals surface area contributed by atoms with Gasteiger partial charge in [-0.2, -0.15) is 0 Å². The number of H-pyrrole nitrogens is 1. The van der Waals surface area contributed by atoms with Crippen molar-refractivity contribution in [1.29, 1.82) is 0 Å². The summed E-state index contributed by atoms with van der Waals surface area (Å²) < 4.78 is 0. The molecule has 0 aliphatic carbocycles. The summed E-state index contributed by atoms with van der Waals surface area (Å²) in [5, 5.41) is 7.77. The number of aromatic nitrogens is 3. The lowest BCUT2D eigenvalue weighted by atomic mass is 10.3. The molecule has 4 heteroatoms. The monoisotopic (exact) mass is 176 g/mol. The molecule has 1 aromatic heterocycles. The van der Waals surface area contributed by atoms with Gasteiger partial charge in [0.1, 0.15) is 11.5 Å². The highest BCUT2D eigenvalue weighted by molar-refractivity contribution is 6.06. The van der Waals surface area contributed by atoms with Crippen molar-refractivity contribution in [2.75, 3.05) is 0 Å². The fraction of sp³-hybridized carbons (Fsp3) is 0.222. The van der Waals surface area contributed by atoms with Gasteiger partial charge in [0.05, 0.1) is 0 Å². The van der Waals surface area contributed by atoms with E-state index in [9.17, 15) is 0 Å². The fourth-order valence-corrected chi connectivity index (χ4v) is 0.901. The fourth-order valence-electron chi connectivity index (χ4n) is 0.901. The van der Waals surface area contributed by atoms with Crippen LogP contribution in [0.25, 0.3) is 0 Å². The zero-order valence-corrected chi connectivity index (χ0v) is 7.78. The predicted molar refractivity (Wildman–Crippen MR) is 52.7 cm³/mol. The molecule has 0 bridgehead atoms. The second kappa shape index (κ2) is 4.35. The Morgan fingerprint density at radius 1 is 1.54 bits per heavy atom. The molecule has 0 radical (unpaired) electrons. The molecule has 0 saturated carbocycles. The molecule has 0 atom stereocenters. The lowest BCUT2D eigenvalue weighted by Crippen LogP contribution is -1.98. The van der Waals surface area contributed by atoms with Crippen LogP contribution in [-0.4, -0.2) is 20.9 Å². The maximum Gasteiger partial charge on any atom is 0.179 e. The van der Waals surface area contributed by atoms with E-state index in [0.29, 0.717) is 5.82 Å². The highest BCUT2D eigenvalue weighted by Gasteiger charge is 2.03. The molecule has 0 spiro atoms. The maximum atomic E-state index is 4.06. The zero-order valence-electron chi connectivity index (χ0n) is 7.78. The molecule has 0 aliphatic rings. The first-order chi connectivity index (χ1) is 6.27. The van der Waals surface area contributed by atoms with E-state index in [1.54, 1.807) is 0 Å². The molecule has 13 heavy (non-hydrogen) atoms. The Morgan fingerprint density at radius 3 is 2.77 bits per heavy atom. The average Bonchev–Trinajstić information content (AvgIpc) is 2.51. The topological polar surface area (TPSA) is 53.9 Å². The predicted octanol–water partition coefficient (Wildman–Crippen LogP) is 1.62. The van der Waals surface area contributed by atoms with Crippen molar-refractivity contribution < 1.29 is 0 Å². The number of hydrogen-bond acceptors (Lipinski definition) is 3. The van der Waals surface area contributed by atoms with Gasteiger partial charge >= 0.3 is 0 Å². The molecule has 4 nitrogen and oxygen atoms in total. The zero-order chi connectivity index (χ0) is 9.68. The molecule has 0 aromatic carbocycles. The number of aryl methyl sites for hydroxylation is 1. The number of nitrogens with one attached hydrogen (secondary N) is 1. The van der Waals surface area contributed by atoms with Gasteiger partial charge in [-0.1, -0.05) is 12.7 Å². The molecule has 68 valence electrons. The number of aliphatic imine (C=N–C) groups is 1. The Kier molecular flexibility index (Phi) is 3.14. The van der Waals surface area contributed by atoms with Gasteiger partial charge in [-0.3, -0.25) is 4.99 Å². The van der Waals surface area contributed by atoms with E-state index in [4.69, 9.17) is 0 Å². The van der Waals surface area contributed by atoms with Gasteiger partial charge in [-0.05, 0) is 19.9 Å². The van der Waals surface area contributed by atoms with E-state index in [-0.39, 0.29) is 0 Å². The quantitative estimate of drug-likeness (QED) is 0.711. The summed E-state index contributed by atoms with van der Waals surface area (Å²) in [7, 11) is 0. The lowest BCUT2D eigenvalue weighted by molar-refractivity contribution is 1.03. The maximum absolute atomic E-state index is 4.06. The summed E-state index contributed by atoms with van der Waals surface area (Å²) in [4.78, 5) is 7.05. The van der Waals surface area contributed by atoms with Crippen molar-refractivity contribution >= 4 is 5.71 Å². The van der Waals surface area contributed by atoms with Crippen LogP contribution in [0, 0.1) is 6.92 Å². The van der Waals surface area contributed by atoms with Crippen molar-refractivity contribution in [1.82, 2.24) is 15.2 Å². The lowest BCUT2D eigenvalue weighted by Gasteiger charge is -1.91. The van der Waals surface area contributed by atoms with Crippen molar-refractivity contribution in [3.8, 4) is 0 Å². The number of hydrogen-bond donors (Lipinski definition) is 1. The largest absolute Gasteiger partial charge is 0.324 e. The Balaban J connectivity index is 3.01. The number of rotatable bonds is 3. The van der Waals surface area contributed by atoms with Crippen LogP contribution in [0.2, 0.25) is 0 Å². The number of aromatic amines is 1. The van der Waals surface area contributed by atoms with E-state index in [1.165, 1.54) is 6.20 Å². The Bertz CT molecular complexity index is 346. The number of nitrogens with zero attached hydrogens (tertiary/aromatic N) is 3. The summed E-state index contributed by atoms with van der Waals surface area (Å²) >= 11 is 0. The Labute approximate surface area is 77.1 Å². The molecule has 0 aliphatic heterocycles. The van der Waals surface area contributed by atoms with E-state index >= 15 is 0 Å². The van der Waals surface area contributed by atoms with Crippen LogP contribution < -0.4 is 0 Å². The van der Waals surface area contributed by atoms with Crippen molar-refractivity contribution in [2.24, 2.45) is 4.99 Å². The molecular formula is C9H12N4. The van der Waals surface area contributed by atoms with Gasteiger partial charge in [0, 0.05) is 6.20 Å². The van der Waals surface area contributed by atoms with Crippen LogP contribution in [0.5, 0.6) is 0 Å². The van der Waals surface area contributed by atoms with Gasteiger partial charge in [0.2, 0.25) is 0 Å². The van der Waals surface area contributed by atoms with Crippen molar-refractivity contribution in [3.05, 3.63) is 36.6 Å². The Hall–Kier alpha value is -1.71. The third-order valence-corrected chi connectivity index (χ3v) is 1.40. The first-order valence-corrected chi connectivity index (χ1v) is 3.99. The molecule has 1 rings (SSSR count). The van der Waals surface area contributed by atoms with Crippen molar-refractivity contribution in [2.45, 2.75) is 13.8 Å². The highest BCUT2D eigenvalue weighted by Crippen LogP contribution is 1.96. The third kappa shape index (κ3) is 2.37. The van der Waals surface area contributed by atoms with Crippen LogP contribution in [0.4, 0.5) is 0 Å². The van der Waals surface area contributed by atoms with Crippen LogP contribution in [0.1, 0.15) is 18.6 Å². The average molecular weight is 176 g/mol. The van der Waals surface area contributed by atoms with E-state index in [0.717, 1.165) is 11.5 Å². The summed E-state index contributed by atoms with van der Waals surface area (Å²) in [6, 6.07) is 0. The van der Waals surface area contributed by atoms with Crippen LogP contribution >= 0.6 is 0 Å². The normalized spacial score (nSPS) is 12.3. The van der Waals surface area contributed by atoms with E-state index in [1.807, 2.05) is 26.0 Å². The van der Waals surface area contributed by atoms with Crippen LogP contribution in [0.3, 0.4) is 0 Å². The minimum Gasteiger partial charge on any atom is -0.324 e. The van der Waals surface area contributed by atoms with Gasteiger partial charge < -0.3 is 4.98 Å². The van der Waals surface area contributed by atoms with E-state index < -0.39 is 0 Å². The van der Waals surface area contributed by atoms with E-state index in [2.05, 4.69) is 26.8 Å². The SMILES string of the molecule is C=C/N=C(\C=C/C)c1nnc(C)[nH]1. The standard InChI is InChI=1S/C9H12N4/c1-4-6-8(10-5-2)9-11-7(3)12-13-9/h4-6H,2H2,1,3H3,(H,11,12,13)/b6-4-,10-8+. The summed E-state index contributed by atoms with van der Waals surface area (Å²) in [6.45, 7) is 7.29. The van der Waals surface area contributed by atoms with Gasteiger partial charge in [-0.15, -0.1) is 10.2 Å². The summed E-state index contributed by atoms with van der Waals surface area (Å²) in [5.74, 6) is 1.44. The van der Waals surface area contributed by atoms with Crippen LogP contribution in [-0.2, 0) is 0 Å². The summed E-state index contributed by atoms with van der Waals surface area (Å²) in [6.07, 6.45) is 5.22. The van der Waals surface area contributed by atoms with Gasteiger partial charge in [0.25, 0.3) is 0 Å². The molecular weight excluding hydrogens is 164 g/mol. The number of allylic oxidation sites excluding steroid dienone is 2. The first-order valence-electron chi connectivity index (χ1n) is 3.99. The second-order valence-corrected chi connectivity index (χ2v) is 2.46. The molecule has 0 amide bonds. The molecule has 1 heterocycles. The highest BCUT2D eigenvalue weighted by atomic mass is 15.2. The summed E-state index contributed by atoms with van der Waals surface area (Å²) in [5.41, 5.74) is 0.734. The minimum atomic E-state index is 0.663. The Morgan fingerprint density at radius 2 is 2.31 bits per heavy atom. The van der Waals surface area contributed by atoms with Crippen molar-refractivity contribution in [3.63, 3.8) is 0 Å². The second-order valence-electron chi connectivity index (χ2n) is 2.46. The minimum absolute atomic E-state index is 0.663. The molecule has 0 fully saturated rings. The molecule has 1 aromatic rings. The molecule has 0 saturated heterocycles.